The molecule has 318 valence electrons. The van der Waals surface area contributed by atoms with Crippen molar-refractivity contribution in [3.63, 3.8) is 0 Å². The molecule has 0 saturated carbocycles. The predicted molar refractivity (Wildman–Crippen MR) is 239 cm³/mol. The first-order valence-electron chi connectivity index (χ1n) is 21.9. The van der Waals surface area contributed by atoms with Crippen LogP contribution in [-0.4, -0.2) is 39.6 Å². The largest absolute Gasteiger partial charge is 0.493 e. The van der Waals surface area contributed by atoms with Gasteiger partial charge >= 0.3 is 0 Å². The molecule has 0 fully saturated rings. The Morgan fingerprint density at radius 3 is 1.02 bits per heavy atom. The summed E-state index contributed by atoms with van der Waals surface area (Å²) in [5.41, 5.74) is 6.29. The SMILES string of the molecule is C=COc1c(CC)c(OCCC)c(C2(c3c(OCCC)c(CC)c(OC=C)c(OCCC)c3OCCC)c3ccccc3-c3ccccc32)c(OCCC)c1OCCC. The first-order valence-corrected chi connectivity index (χ1v) is 21.9. The van der Waals surface area contributed by atoms with Gasteiger partial charge in [-0.25, -0.2) is 0 Å². The number of hydrogen-bond donors (Lipinski definition) is 0. The molecule has 1 aliphatic carbocycles. The summed E-state index contributed by atoms with van der Waals surface area (Å²) in [6, 6.07) is 17.2. The van der Waals surface area contributed by atoms with Crippen LogP contribution in [0.25, 0.3) is 11.1 Å². The Morgan fingerprint density at radius 2 is 0.712 bits per heavy atom. The summed E-state index contributed by atoms with van der Waals surface area (Å²) in [4.78, 5) is 0. The fourth-order valence-electron chi connectivity index (χ4n) is 8.14. The molecule has 1 aliphatic rings. The molecule has 8 nitrogen and oxygen atoms in total. The minimum Gasteiger partial charge on any atom is -0.493 e. The van der Waals surface area contributed by atoms with Crippen LogP contribution >= 0.6 is 0 Å². The smallest absolute Gasteiger partial charge is 0.205 e. The van der Waals surface area contributed by atoms with Gasteiger partial charge in [-0.3, -0.25) is 0 Å². The van der Waals surface area contributed by atoms with Gasteiger partial charge in [0.2, 0.25) is 11.5 Å². The molecule has 0 unspecified atom stereocenters. The molecule has 0 N–H and O–H groups in total. The highest BCUT2D eigenvalue weighted by molar-refractivity contribution is 5.92. The van der Waals surface area contributed by atoms with Gasteiger partial charge in [-0.1, -0.05) is 117 Å². The molecular formula is C51H66O8. The van der Waals surface area contributed by atoms with E-state index in [0.717, 1.165) is 83.0 Å². The maximum Gasteiger partial charge on any atom is 0.205 e. The molecule has 0 heterocycles. The lowest BCUT2D eigenvalue weighted by Crippen LogP contribution is -2.33. The second-order valence-electron chi connectivity index (χ2n) is 14.5. The van der Waals surface area contributed by atoms with Crippen LogP contribution in [0.2, 0.25) is 0 Å². The summed E-state index contributed by atoms with van der Waals surface area (Å²) in [5, 5.41) is 0. The Kier molecular flexibility index (Phi) is 16.5. The van der Waals surface area contributed by atoms with Crippen molar-refractivity contribution in [3.8, 4) is 57.1 Å². The molecule has 0 atom stereocenters. The molecule has 0 aromatic heterocycles. The van der Waals surface area contributed by atoms with E-state index in [9.17, 15) is 0 Å². The van der Waals surface area contributed by atoms with Crippen LogP contribution in [0.4, 0.5) is 0 Å². The monoisotopic (exact) mass is 806 g/mol. The molecular weight excluding hydrogens is 741 g/mol. The minimum absolute atomic E-state index is 0.413. The maximum atomic E-state index is 7.12. The minimum atomic E-state index is -1.19. The van der Waals surface area contributed by atoms with Crippen molar-refractivity contribution in [2.75, 3.05) is 39.6 Å². The van der Waals surface area contributed by atoms with Gasteiger partial charge in [0.15, 0.2) is 23.0 Å². The summed E-state index contributed by atoms with van der Waals surface area (Å²) < 4.78 is 54.8. The van der Waals surface area contributed by atoms with Gasteiger partial charge in [0.25, 0.3) is 0 Å². The van der Waals surface area contributed by atoms with E-state index < -0.39 is 5.41 Å². The van der Waals surface area contributed by atoms with E-state index in [-0.39, 0.29) is 0 Å². The van der Waals surface area contributed by atoms with Crippen molar-refractivity contribution < 1.29 is 37.9 Å². The van der Waals surface area contributed by atoms with E-state index in [1.807, 2.05) is 0 Å². The number of rotatable bonds is 26. The summed E-state index contributed by atoms with van der Waals surface area (Å²) >= 11 is 0. The third kappa shape index (κ3) is 8.46. The average Bonchev–Trinajstić information content (AvgIpc) is 3.55. The molecule has 0 saturated heterocycles. The highest BCUT2D eigenvalue weighted by Gasteiger charge is 2.55. The van der Waals surface area contributed by atoms with Gasteiger partial charge in [0.05, 0.1) is 68.7 Å². The Labute approximate surface area is 353 Å². The van der Waals surface area contributed by atoms with Gasteiger partial charge < -0.3 is 37.9 Å². The standard InChI is InChI=1S/C51H66O8/c1-11-29-54-43-35(17-7)45(52-19-9)49(58-33-15-5)47(56-31-13-3)41(43)51(39-27-23-21-25-37(39)38-26-22-24-28-40(38)51)42-44(55-30-12-2)36(18-8)46(53-20-10)50(59-34-16-6)48(42)57-32-14-4/h19-28H,9-18,29-34H2,1-8H3. The zero-order valence-electron chi connectivity index (χ0n) is 36.9. The molecule has 0 aliphatic heterocycles. The van der Waals surface area contributed by atoms with E-state index in [4.69, 9.17) is 37.9 Å². The lowest BCUT2D eigenvalue weighted by atomic mass is 9.65. The lowest BCUT2D eigenvalue weighted by Gasteiger charge is -2.40. The van der Waals surface area contributed by atoms with Gasteiger partial charge in [0.1, 0.15) is 11.5 Å². The van der Waals surface area contributed by atoms with Gasteiger partial charge in [-0.05, 0) is 73.6 Å². The average molecular weight is 807 g/mol. The van der Waals surface area contributed by atoms with E-state index in [1.165, 1.54) is 12.5 Å². The number of hydrogen-bond acceptors (Lipinski definition) is 8. The van der Waals surface area contributed by atoms with Crippen molar-refractivity contribution in [2.45, 2.75) is 112 Å². The maximum absolute atomic E-state index is 7.12. The Hall–Kier alpha value is -5.24. The second kappa shape index (κ2) is 21.7. The third-order valence-corrected chi connectivity index (χ3v) is 10.3. The molecule has 0 amide bonds. The third-order valence-electron chi connectivity index (χ3n) is 10.3. The van der Waals surface area contributed by atoms with Crippen molar-refractivity contribution in [1.29, 1.82) is 0 Å². The quantitative estimate of drug-likeness (QED) is 0.0512. The fraction of sp³-hybridized carbons (Fsp3) is 0.451. The Balaban J connectivity index is 2.27. The summed E-state index contributed by atoms with van der Waals surface area (Å²) in [6.45, 7) is 27.4. The highest BCUT2D eigenvalue weighted by Crippen LogP contribution is 2.68. The fourth-order valence-corrected chi connectivity index (χ4v) is 8.14. The molecule has 5 rings (SSSR count). The second-order valence-corrected chi connectivity index (χ2v) is 14.5. The summed E-state index contributed by atoms with van der Waals surface area (Å²) in [5.74, 6) is 4.49. The van der Waals surface area contributed by atoms with Gasteiger partial charge in [-0.15, -0.1) is 0 Å². The number of fused-ring (bicyclic) bond motifs is 3. The van der Waals surface area contributed by atoms with Gasteiger partial charge in [-0.2, -0.15) is 0 Å². The lowest BCUT2D eigenvalue weighted by molar-refractivity contribution is 0.240. The molecule has 4 aromatic carbocycles. The van der Waals surface area contributed by atoms with Crippen molar-refractivity contribution in [1.82, 2.24) is 0 Å². The number of benzene rings is 4. The normalized spacial score (nSPS) is 12.3. The van der Waals surface area contributed by atoms with E-state index in [0.29, 0.717) is 98.5 Å². The van der Waals surface area contributed by atoms with Crippen LogP contribution < -0.4 is 37.9 Å². The van der Waals surface area contributed by atoms with E-state index in [2.05, 4.69) is 117 Å². The zero-order chi connectivity index (χ0) is 42.4. The number of ether oxygens (including phenoxy) is 8. The molecule has 4 aromatic rings. The predicted octanol–water partition coefficient (Wildman–Crippen LogP) is 13.0. The molecule has 8 heteroatoms. The molecule has 59 heavy (non-hydrogen) atoms. The van der Waals surface area contributed by atoms with Gasteiger partial charge in [0, 0.05) is 11.1 Å². The Bertz CT molecular complexity index is 1890. The molecule has 0 radical (unpaired) electrons. The molecule has 0 spiro atoms. The van der Waals surface area contributed by atoms with Crippen molar-refractivity contribution in [3.05, 3.63) is 108 Å². The van der Waals surface area contributed by atoms with Crippen LogP contribution in [0.15, 0.2) is 74.2 Å². The van der Waals surface area contributed by atoms with Crippen LogP contribution in [0.3, 0.4) is 0 Å². The van der Waals surface area contributed by atoms with E-state index in [1.54, 1.807) is 0 Å². The van der Waals surface area contributed by atoms with Crippen LogP contribution in [-0.2, 0) is 18.3 Å². The molecule has 0 bridgehead atoms. The van der Waals surface area contributed by atoms with Crippen molar-refractivity contribution >= 4 is 0 Å². The topological polar surface area (TPSA) is 73.8 Å². The summed E-state index contributed by atoms with van der Waals surface area (Å²) in [7, 11) is 0. The van der Waals surface area contributed by atoms with Crippen LogP contribution in [0.1, 0.15) is 127 Å². The first kappa shape index (κ1) is 44.9. The van der Waals surface area contributed by atoms with Crippen LogP contribution in [0.5, 0.6) is 46.0 Å². The van der Waals surface area contributed by atoms with E-state index >= 15 is 0 Å². The van der Waals surface area contributed by atoms with Crippen LogP contribution in [0, 0.1) is 0 Å². The van der Waals surface area contributed by atoms with Crippen molar-refractivity contribution in [2.24, 2.45) is 0 Å². The Morgan fingerprint density at radius 1 is 0.407 bits per heavy atom. The summed E-state index contributed by atoms with van der Waals surface area (Å²) in [6.07, 6.45) is 8.65. The highest BCUT2D eigenvalue weighted by atomic mass is 16.6. The zero-order valence-corrected chi connectivity index (χ0v) is 36.9. The first-order chi connectivity index (χ1) is 28.9.